The number of nitrogens with two attached hydrogens (primary N) is 1. The molecule has 0 radical (unpaired) electrons. The zero-order valence-corrected chi connectivity index (χ0v) is 14.2. The van der Waals surface area contributed by atoms with E-state index in [2.05, 4.69) is 11.3 Å². The summed E-state index contributed by atoms with van der Waals surface area (Å²) in [5.41, 5.74) is 11.4. The molecule has 2 N–H and O–H groups in total. The van der Waals surface area contributed by atoms with E-state index >= 15 is 0 Å². The van der Waals surface area contributed by atoms with Crippen LogP contribution in [-0.2, 0) is 6.42 Å². The molecular weight excluding hydrogens is 312 g/mol. The van der Waals surface area contributed by atoms with Crippen LogP contribution in [0.5, 0.6) is 0 Å². The number of primary amides is 1. The molecular formula is C20H18N4O. The second-order valence-corrected chi connectivity index (χ2v) is 6.05. The summed E-state index contributed by atoms with van der Waals surface area (Å²) >= 11 is 0. The molecule has 0 aliphatic carbocycles. The standard InChI is InChI=1S/C20H18N4O/c1-3-17-22-12(2)19-18(13-7-5-4-6-8-13)23-15-11-14(20(21)25)9-10-16(15)24(17)19/h4-11H,3H2,1-2H3,(H2,21,25). The van der Waals surface area contributed by atoms with Crippen molar-refractivity contribution < 1.29 is 4.79 Å². The highest BCUT2D eigenvalue weighted by Gasteiger charge is 2.17. The van der Waals surface area contributed by atoms with E-state index < -0.39 is 5.91 Å². The minimum Gasteiger partial charge on any atom is -0.366 e. The molecule has 0 spiro atoms. The average Bonchev–Trinajstić information content (AvgIpc) is 2.98. The number of rotatable bonds is 3. The van der Waals surface area contributed by atoms with Crippen molar-refractivity contribution in [2.24, 2.45) is 5.73 Å². The molecule has 2 aromatic heterocycles. The van der Waals surface area contributed by atoms with Gasteiger partial charge in [-0.15, -0.1) is 0 Å². The Kier molecular flexibility index (Phi) is 3.50. The van der Waals surface area contributed by atoms with Crippen LogP contribution in [0.4, 0.5) is 0 Å². The molecule has 4 rings (SSSR count). The van der Waals surface area contributed by atoms with Gasteiger partial charge < -0.3 is 5.73 Å². The third kappa shape index (κ3) is 2.36. The van der Waals surface area contributed by atoms with Gasteiger partial charge in [-0.05, 0) is 25.1 Å². The van der Waals surface area contributed by atoms with E-state index in [1.165, 1.54) is 0 Å². The Balaban J connectivity index is 2.18. The first kappa shape index (κ1) is 15.3. The first-order valence-corrected chi connectivity index (χ1v) is 8.27. The maximum Gasteiger partial charge on any atom is 0.248 e. The number of carbonyl (C=O) groups excluding carboxylic acids is 1. The summed E-state index contributed by atoms with van der Waals surface area (Å²) in [6.07, 6.45) is 0.805. The third-order valence-electron chi connectivity index (χ3n) is 4.44. The smallest absolute Gasteiger partial charge is 0.248 e. The van der Waals surface area contributed by atoms with E-state index in [4.69, 9.17) is 15.7 Å². The lowest BCUT2D eigenvalue weighted by molar-refractivity contribution is 0.100. The molecule has 25 heavy (non-hydrogen) atoms. The van der Waals surface area contributed by atoms with Crippen LogP contribution in [-0.4, -0.2) is 20.3 Å². The van der Waals surface area contributed by atoms with Crippen LogP contribution in [0, 0.1) is 6.92 Å². The Morgan fingerprint density at radius 1 is 1.12 bits per heavy atom. The van der Waals surface area contributed by atoms with E-state index in [1.54, 1.807) is 12.1 Å². The summed E-state index contributed by atoms with van der Waals surface area (Å²) in [5.74, 6) is 0.520. The first-order chi connectivity index (χ1) is 12.1. The molecule has 0 saturated carbocycles. The predicted octanol–water partition coefficient (Wildman–Crippen LogP) is 3.52. The molecule has 5 nitrogen and oxygen atoms in total. The summed E-state index contributed by atoms with van der Waals surface area (Å²) in [7, 11) is 0. The van der Waals surface area contributed by atoms with Crippen molar-refractivity contribution in [3.8, 4) is 11.3 Å². The minimum absolute atomic E-state index is 0.452. The number of fused-ring (bicyclic) bond motifs is 3. The number of nitrogens with zero attached hydrogens (tertiary/aromatic N) is 3. The fourth-order valence-electron chi connectivity index (χ4n) is 3.29. The lowest BCUT2D eigenvalue weighted by atomic mass is 10.1. The van der Waals surface area contributed by atoms with Crippen LogP contribution in [0.3, 0.4) is 0 Å². The fraction of sp³-hybridized carbons (Fsp3) is 0.150. The van der Waals surface area contributed by atoms with E-state index in [0.717, 1.165) is 45.7 Å². The molecule has 0 aliphatic rings. The number of aryl methyl sites for hydroxylation is 2. The summed E-state index contributed by atoms with van der Waals surface area (Å²) in [6, 6.07) is 15.4. The number of aromatic nitrogens is 3. The highest BCUT2D eigenvalue weighted by molar-refractivity contribution is 5.97. The summed E-state index contributed by atoms with van der Waals surface area (Å²) in [5, 5.41) is 0. The molecule has 0 saturated heterocycles. The normalized spacial score (nSPS) is 11.3. The molecule has 0 atom stereocenters. The van der Waals surface area contributed by atoms with Crippen molar-refractivity contribution in [3.63, 3.8) is 0 Å². The molecule has 0 aliphatic heterocycles. The van der Waals surface area contributed by atoms with Gasteiger partial charge in [0.1, 0.15) is 5.82 Å². The Morgan fingerprint density at radius 3 is 2.56 bits per heavy atom. The van der Waals surface area contributed by atoms with Crippen LogP contribution in [0.1, 0.15) is 28.8 Å². The lowest BCUT2D eigenvalue weighted by Crippen LogP contribution is -2.11. The van der Waals surface area contributed by atoms with Gasteiger partial charge in [0.25, 0.3) is 0 Å². The second-order valence-electron chi connectivity index (χ2n) is 6.05. The monoisotopic (exact) mass is 330 g/mol. The second kappa shape index (κ2) is 5.70. The Labute approximate surface area is 145 Å². The highest BCUT2D eigenvalue weighted by atomic mass is 16.1. The van der Waals surface area contributed by atoms with E-state index in [1.807, 2.05) is 43.3 Å². The Bertz CT molecular complexity index is 1110. The van der Waals surface area contributed by atoms with Gasteiger partial charge in [0.05, 0.1) is 27.9 Å². The Hall–Kier alpha value is -3.21. The largest absolute Gasteiger partial charge is 0.366 e. The number of amides is 1. The number of benzene rings is 2. The topological polar surface area (TPSA) is 73.3 Å². The van der Waals surface area contributed by atoms with Gasteiger partial charge in [0, 0.05) is 17.5 Å². The SMILES string of the molecule is CCc1nc(C)c2c(-c3ccccc3)nc3cc(C(N)=O)ccc3n12. The van der Waals surface area contributed by atoms with Gasteiger partial charge >= 0.3 is 0 Å². The molecule has 0 unspecified atom stereocenters. The van der Waals surface area contributed by atoms with Crippen molar-refractivity contribution >= 4 is 22.5 Å². The van der Waals surface area contributed by atoms with Crippen LogP contribution in [0.2, 0.25) is 0 Å². The maximum absolute atomic E-state index is 11.6. The minimum atomic E-state index is -0.456. The van der Waals surface area contributed by atoms with Crippen molar-refractivity contribution in [2.45, 2.75) is 20.3 Å². The van der Waals surface area contributed by atoms with Crippen molar-refractivity contribution in [2.75, 3.05) is 0 Å². The molecule has 0 bridgehead atoms. The van der Waals surface area contributed by atoms with Gasteiger partial charge in [-0.25, -0.2) is 9.97 Å². The molecule has 4 aromatic rings. The zero-order chi connectivity index (χ0) is 17.6. The average molecular weight is 330 g/mol. The molecule has 0 fully saturated rings. The van der Waals surface area contributed by atoms with Crippen LogP contribution >= 0.6 is 0 Å². The van der Waals surface area contributed by atoms with E-state index in [0.29, 0.717) is 5.56 Å². The van der Waals surface area contributed by atoms with Crippen molar-refractivity contribution in [1.82, 2.24) is 14.4 Å². The first-order valence-electron chi connectivity index (χ1n) is 8.27. The van der Waals surface area contributed by atoms with Crippen LogP contribution in [0.25, 0.3) is 27.8 Å². The third-order valence-corrected chi connectivity index (χ3v) is 4.44. The van der Waals surface area contributed by atoms with E-state index in [-0.39, 0.29) is 0 Å². The van der Waals surface area contributed by atoms with Crippen molar-refractivity contribution in [1.29, 1.82) is 0 Å². The van der Waals surface area contributed by atoms with E-state index in [9.17, 15) is 4.79 Å². The quantitative estimate of drug-likeness (QED) is 0.624. The molecule has 2 heterocycles. The summed E-state index contributed by atoms with van der Waals surface area (Å²) in [6.45, 7) is 4.09. The fourth-order valence-corrected chi connectivity index (χ4v) is 3.29. The highest BCUT2D eigenvalue weighted by Crippen LogP contribution is 2.30. The van der Waals surface area contributed by atoms with Crippen molar-refractivity contribution in [3.05, 3.63) is 65.6 Å². The van der Waals surface area contributed by atoms with Gasteiger partial charge in [0.2, 0.25) is 5.91 Å². The number of carbonyl (C=O) groups is 1. The van der Waals surface area contributed by atoms with Crippen LogP contribution in [0.15, 0.2) is 48.5 Å². The Morgan fingerprint density at radius 2 is 1.88 bits per heavy atom. The zero-order valence-electron chi connectivity index (χ0n) is 14.2. The predicted molar refractivity (Wildman–Crippen MR) is 98.6 cm³/mol. The molecule has 1 amide bonds. The van der Waals surface area contributed by atoms with Gasteiger partial charge in [-0.3, -0.25) is 9.20 Å². The summed E-state index contributed by atoms with van der Waals surface area (Å²) < 4.78 is 2.14. The number of hydrogen-bond acceptors (Lipinski definition) is 3. The van der Waals surface area contributed by atoms with Gasteiger partial charge in [0.15, 0.2) is 0 Å². The maximum atomic E-state index is 11.6. The van der Waals surface area contributed by atoms with Gasteiger partial charge in [-0.2, -0.15) is 0 Å². The summed E-state index contributed by atoms with van der Waals surface area (Å²) in [4.78, 5) is 21.2. The number of imidazole rings is 1. The number of hydrogen-bond donors (Lipinski definition) is 1. The lowest BCUT2D eigenvalue weighted by Gasteiger charge is -2.11. The molecule has 2 aromatic carbocycles. The van der Waals surface area contributed by atoms with Gasteiger partial charge in [-0.1, -0.05) is 37.3 Å². The van der Waals surface area contributed by atoms with Crippen LogP contribution < -0.4 is 5.73 Å². The molecule has 124 valence electrons. The molecule has 5 heteroatoms.